The van der Waals surface area contributed by atoms with Gasteiger partial charge in [0, 0.05) is 18.1 Å². The van der Waals surface area contributed by atoms with Crippen molar-refractivity contribution in [3.8, 4) is 0 Å². The lowest BCUT2D eigenvalue weighted by atomic mass is 10.2. The summed E-state index contributed by atoms with van der Waals surface area (Å²) in [5.41, 5.74) is 1.02. The first-order valence-electron chi connectivity index (χ1n) is 5.66. The predicted molar refractivity (Wildman–Crippen MR) is 72.7 cm³/mol. The van der Waals surface area contributed by atoms with Gasteiger partial charge >= 0.3 is 0 Å². The van der Waals surface area contributed by atoms with Gasteiger partial charge in [-0.3, -0.25) is 0 Å². The fraction of sp³-hybridized carbons (Fsp3) is 0.417. The van der Waals surface area contributed by atoms with Crippen molar-refractivity contribution in [1.29, 1.82) is 0 Å². The maximum Gasteiger partial charge on any atom is 0.0947 e. The van der Waals surface area contributed by atoms with Crippen LogP contribution in [0.15, 0.2) is 24.0 Å². The molecular weight excluding hydrogens is 254 g/mol. The van der Waals surface area contributed by atoms with Crippen LogP contribution < -0.4 is 5.32 Å². The summed E-state index contributed by atoms with van der Waals surface area (Å²) in [6.07, 6.45) is 4.94. The van der Waals surface area contributed by atoms with Gasteiger partial charge < -0.3 is 9.88 Å². The first kappa shape index (κ1) is 12.6. The summed E-state index contributed by atoms with van der Waals surface area (Å²) in [5.74, 6) is 0. The van der Waals surface area contributed by atoms with Crippen molar-refractivity contribution in [1.82, 2.24) is 14.9 Å². The molecule has 0 radical (unpaired) electrons. The molecule has 1 unspecified atom stereocenters. The van der Waals surface area contributed by atoms with Crippen LogP contribution in [-0.2, 0) is 7.05 Å². The van der Waals surface area contributed by atoms with Gasteiger partial charge in [0.25, 0.3) is 0 Å². The minimum Gasteiger partial charge on any atom is -0.340 e. The van der Waals surface area contributed by atoms with Gasteiger partial charge in [0.2, 0.25) is 0 Å². The fourth-order valence-corrected chi connectivity index (χ4v) is 2.97. The molecule has 0 amide bonds. The molecule has 92 valence electrons. The van der Waals surface area contributed by atoms with Gasteiger partial charge in [-0.2, -0.15) is 0 Å². The van der Waals surface area contributed by atoms with Gasteiger partial charge in [0.1, 0.15) is 0 Å². The highest BCUT2D eigenvalue weighted by Gasteiger charge is 2.19. The lowest BCUT2D eigenvalue weighted by Crippen LogP contribution is -2.23. The van der Waals surface area contributed by atoms with Crippen LogP contribution in [0.4, 0.5) is 0 Å². The van der Waals surface area contributed by atoms with Crippen molar-refractivity contribution in [2.24, 2.45) is 7.05 Å². The summed E-state index contributed by atoms with van der Waals surface area (Å²) in [7, 11) is 1.98. The normalized spacial score (nSPS) is 12.9. The molecule has 2 aromatic rings. The third kappa shape index (κ3) is 2.89. The highest BCUT2D eigenvalue weighted by atomic mass is 35.5. The third-order valence-corrected chi connectivity index (χ3v) is 3.95. The Kier molecular flexibility index (Phi) is 4.20. The predicted octanol–water partition coefficient (Wildman–Crippen LogP) is 3.22. The van der Waals surface area contributed by atoms with E-state index in [0.717, 1.165) is 28.6 Å². The minimum absolute atomic E-state index is 0.101. The molecule has 0 saturated carbocycles. The molecule has 0 aliphatic heterocycles. The molecule has 3 nitrogen and oxygen atoms in total. The SMILES string of the molecule is CCCNC(c1cn(C)cn1)c1sccc1Cl. The van der Waals surface area contributed by atoms with Crippen LogP contribution in [0.25, 0.3) is 0 Å². The quantitative estimate of drug-likeness (QED) is 0.903. The largest absolute Gasteiger partial charge is 0.340 e. The van der Waals surface area contributed by atoms with E-state index in [0.29, 0.717) is 0 Å². The van der Waals surface area contributed by atoms with Crippen molar-refractivity contribution in [2.75, 3.05) is 6.54 Å². The summed E-state index contributed by atoms with van der Waals surface area (Å²) >= 11 is 7.87. The summed E-state index contributed by atoms with van der Waals surface area (Å²) < 4.78 is 1.96. The number of thiophene rings is 1. The second-order valence-corrected chi connectivity index (χ2v) is 5.34. The molecular formula is C12H16ClN3S. The molecule has 0 fully saturated rings. The van der Waals surface area contributed by atoms with Crippen molar-refractivity contribution < 1.29 is 0 Å². The number of aromatic nitrogens is 2. The van der Waals surface area contributed by atoms with E-state index in [2.05, 4.69) is 17.2 Å². The molecule has 2 aromatic heterocycles. The molecule has 0 saturated heterocycles. The van der Waals surface area contributed by atoms with Gasteiger partial charge in [-0.15, -0.1) is 11.3 Å². The first-order chi connectivity index (χ1) is 8.22. The Morgan fingerprint density at radius 3 is 2.94 bits per heavy atom. The van der Waals surface area contributed by atoms with Crippen LogP contribution in [0.2, 0.25) is 5.02 Å². The molecule has 0 bridgehead atoms. The van der Waals surface area contributed by atoms with Crippen LogP contribution in [-0.4, -0.2) is 16.1 Å². The fourth-order valence-electron chi connectivity index (χ4n) is 1.71. The zero-order chi connectivity index (χ0) is 12.3. The lowest BCUT2D eigenvalue weighted by molar-refractivity contribution is 0.595. The maximum absolute atomic E-state index is 6.21. The van der Waals surface area contributed by atoms with Crippen LogP contribution in [0.3, 0.4) is 0 Å². The highest BCUT2D eigenvalue weighted by molar-refractivity contribution is 7.10. The third-order valence-electron chi connectivity index (χ3n) is 2.53. The summed E-state index contributed by atoms with van der Waals surface area (Å²) in [4.78, 5) is 5.55. The van der Waals surface area contributed by atoms with E-state index >= 15 is 0 Å². The van der Waals surface area contributed by atoms with Crippen molar-refractivity contribution in [3.63, 3.8) is 0 Å². The topological polar surface area (TPSA) is 29.9 Å². The van der Waals surface area contributed by atoms with E-state index in [1.807, 2.05) is 35.6 Å². The molecule has 0 spiro atoms. The molecule has 5 heteroatoms. The Morgan fingerprint density at radius 2 is 2.41 bits per heavy atom. The summed E-state index contributed by atoms with van der Waals surface area (Å²) in [6, 6.07) is 2.04. The second kappa shape index (κ2) is 5.67. The zero-order valence-electron chi connectivity index (χ0n) is 9.98. The van der Waals surface area contributed by atoms with Gasteiger partial charge in [-0.1, -0.05) is 18.5 Å². The van der Waals surface area contributed by atoms with Crippen molar-refractivity contribution in [2.45, 2.75) is 19.4 Å². The average Bonchev–Trinajstić information content (AvgIpc) is 2.90. The van der Waals surface area contributed by atoms with Gasteiger partial charge in [0.05, 0.1) is 23.1 Å². The second-order valence-electron chi connectivity index (χ2n) is 3.98. The Balaban J connectivity index is 2.28. The summed E-state index contributed by atoms with van der Waals surface area (Å²) in [5, 5.41) is 6.32. The van der Waals surface area contributed by atoms with Gasteiger partial charge in [-0.05, 0) is 24.4 Å². The van der Waals surface area contributed by atoms with Gasteiger partial charge in [-0.25, -0.2) is 4.98 Å². The number of nitrogens with one attached hydrogen (secondary N) is 1. The Hall–Kier alpha value is -0.840. The van der Waals surface area contributed by atoms with E-state index in [-0.39, 0.29) is 6.04 Å². The van der Waals surface area contributed by atoms with Crippen LogP contribution >= 0.6 is 22.9 Å². The zero-order valence-corrected chi connectivity index (χ0v) is 11.6. The Morgan fingerprint density at radius 1 is 1.59 bits per heavy atom. The van der Waals surface area contributed by atoms with Gasteiger partial charge in [0.15, 0.2) is 0 Å². The number of rotatable bonds is 5. The van der Waals surface area contributed by atoms with E-state index in [1.165, 1.54) is 0 Å². The monoisotopic (exact) mass is 269 g/mol. The van der Waals surface area contributed by atoms with E-state index in [9.17, 15) is 0 Å². The molecule has 2 heterocycles. The number of aryl methyl sites for hydroxylation is 1. The molecule has 1 N–H and O–H groups in total. The van der Waals surface area contributed by atoms with Crippen LogP contribution in [0, 0.1) is 0 Å². The van der Waals surface area contributed by atoms with E-state index in [4.69, 9.17) is 11.6 Å². The number of hydrogen-bond acceptors (Lipinski definition) is 3. The Bertz CT molecular complexity index is 478. The molecule has 0 aliphatic rings. The number of imidazole rings is 1. The number of hydrogen-bond donors (Lipinski definition) is 1. The number of halogens is 1. The lowest BCUT2D eigenvalue weighted by Gasteiger charge is -2.15. The molecule has 1 atom stereocenters. The number of nitrogens with zero attached hydrogens (tertiary/aromatic N) is 2. The Labute approximate surface area is 110 Å². The van der Waals surface area contributed by atoms with Crippen LogP contribution in [0.5, 0.6) is 0 Å². The van der Waals surface area contributed by atoms with Crippen LogP contribution in [0.1, 0.15) is 30.0 Å². The molecule has 0 aliphatic carbocycles. The highest BCUT2D eigenvalue weighted by Crippen LogP contribution is 2.32. The van der Waals surface area contributed by atoms with Crippen molar-refractivity contribution in [3.05, 3.63) is 39.6 Å². The van der Waals surface area contributed by atoms with E-state index < -0.39 is 0 Å². The molecule has 2 rings (SSSR count). The first-order valence-corrected chi connectivity index (χ1v) is 6.92. The maximum atomic E-state index is 6.21. The average molecular weight is 270 g/mol. The van der Waals surface area contributed by atoms with E-state index in [1.54, 1.807) is 11.3 Å². The molecule has 0 aromatic carbocycles. The summed E-state index contributed by atoms with van der Waals surface area (Å²) in [6.45, 7) is 3.11. The van der Waals surface area contributed by atoms with Crippen molar-refractivity contribution >= 4 is 22.9 Å². The minimum atomic E-state index is 0.101. The standard InChI is InChI=1S/C12H16ClN3S/c1-3-5-14-11(10-7-16(2)8-15-10)12-9(13)4-6-17-12/h4,6-8,11,14H,3,5H2,1-2H3. The smallest absolute Gasteiger partial charge is 0.0947 e. The molecule has 17 heavy (non-hydrogen) atoms.